The summed E-state index contributed by atoms with van der Waals surface area (Å²) in [6, 6.07) is 17.8. The van der Waals surface area contributed by atoms with Crippen LogP contribution in [-0.2, 0) is 19.8 Å². The number of urea groups is 1. The number of aromatic nitrogens is 4. The second-order valence-corrected chi connectivity index (χ2v) is 9.20. The molecule has 0 aliphatic rings. The number of benzene rings is 3. The summed E-state index contributed by atoms with van der Waals surface area (Å²) >= 11 is 5.64. The van der Waals surface area contributed by atoms with Gasteiger partial charge in [0.25, 0.3) is 0 Å². The summed E-state index contributed by atoms with van der Waals surface area (Å²) in [4.78, 5) is 17.3. The van der Waals surface area contributed by atoms with Crippen LogP contribution in [0, 0.1) is 6.92 Å². The number of hydrogen-bond acceptors (Lipinski definition) is 3. The molecule has 0 aliphatic carbocycles. The molecule has 0 unspecified atom stereocenters. The highest BCUT2D eigenvalue weighted by molar-refractivity contribution is 6.31. The number of aryl methyl sites for hydroxylation is 2. The van der Waals surface area contributed by atoms with E-state index in [9.17, 15) is 18.0 Å². The van der Waals surface area contributed by atoms with Crippen molar-refractivity contribution in [2.75, 3.05) is 10.6 Å². The third kappa shape index (κ3) is 5.08. The number of amides is 2. The molecule has 2 aromatic heterocycles. The number of halogens is 4. The molecule has 38 heavy (non-hydrogen) atoms. The third-order valence-electron chi connectivity index (χ3n) is 6.11. The molecule has 0 atom stereocenters. The number of alkyl halides is 3. The Kier molecular flexibility index (Phi) is 6.58. The van der Waals surface area contributed by atoms with Gasteiger partial charge in [0.15, 0.2) is 5.65 Å². The first-order valence-corrected chi connectivity index (χ1v) is 12.0. The van der Waals surface area contributed by atoms with Crippen LogP contribution in [0.15, 0.2) is 72.9 Å². The summed E-state index contributed by atoms with van der Waals surface area (Å²) < 4.78 is 43.1. The predicted molar refractivity (Wildman–Crippen MR) is 141 cm³/mol. The van der Waals surface area contributed by atoms with Gasteiger partial charge in [-0.1, -0.05) is 41.9 Å². The van der Waals surface area contributed by atoms with Crippen LogP contribution in [0.4, 0.5) is 29.3 Å². The molecule has 2 N–H and O–H groups in total. The van der Waals surface area contributed by atoms with Crippen LogP contribution in [0.25, 0.3) is 22.6 Å². The highest BCUT2D eigenvalue weighted by atomic mass is 35.5. The highest BCUT2D eigenvalue weighted by Crippen LogP contribution is 2.36. The number of fused-ring (bicyclic) bond motifs is 1. The van der Waals surface area contributed by atoms with Crippen molar-refractivity contribution < 1.29 is 18.0 Å². The van der Waals surface area contributed by atoms with Gasteiger partial charge in [0.2, 0.25) is 0 Å². The number of nitrogens with zero attached hydrogens (tertiary/aromatic N) is 4. The Morgan fingerprint density at radius 1 is 1.00 bits per heavy atom. The monoisotopic (exact) mass is 538 g/mol. The van der Waals surface area contributed by atoms with Gasteiger partial charge in [-0.25, -0.2) is 14.5 Å². The normalized spacial score (nSPS) is 11.6. The third-order valence-corrected chi connectivity index (χ3v) is 6.44. The van der Waals surface area contributed by atoms with Gasteiger partial charge in [0.05, 0.1) is 23.3 Å². The number of imidazole rings is 1. The average molecular weight is 539 g/mol. The van der Waals surface area contributed by atoms with Crippen LogP contribution in [0.3, 0.4) is 0 Å². The maximum absolute atomic E-state index is 13.1. The van der Waals surface area contributed by atoms with Gasteiger partial charge in [-0.2, -0.15) is 18.3 Å². The Hall–Kier alpha value is -4.31. The molecule has 0 bridgehead atoms. The van der Waals surface area contributed by atoms with Crippen LogP contribution in [0.2, 0.25) is 5.02 Å². The van der Waals surface area contributed by atoms with E-state index in [-0.39, 0.29) is 5.69 Å². The lowest BCUT2D eigenvalue weighted by Gasteiger charge is -2.13. The fourth-order valence-electron chi connectivity index (χ4n) is 4.23. The Morgan fingerprint density at radius 2 is 1.68 bits per heavy atom. The molecule has 7 nitrogen and oxygen atoms in total. The van der Waals surface area contributed by atoms with E-state index in [1.165, 1.54) is 6.07 Å². The maximum Gasteiger partial charge on any atom is 0.417 e. The second-order valence-electron chi connectivity index (χ2n) is 8.79. The van der Waals surface area contributed by atoms with Crippen LogP contribution in [-0.4, -0.2) is 25.4 Å². The van der Waals surface area contributed by atoms with Gasteiger partial charge in [0, 0.05) is 24.0 Å². The minimum absolute atomic E-state index is 0.0307. The Bertz CT molecular complexity index is 1640. The Labute approximate surface area is 220 Å². The molecular weight excluding hydrogens is 517 g/mol. The lowest BCUT2D eigenvalue weighted by molar-refractivity contribution is -0.137. The van der Waals surface area contributed by atoms with Crippen LogP contribution < -0.4 is 10.6 Å². The van der Waals surface area contributed by atoms with Crippen LogP contribution >= 0.6 is 11.6 Å². The van der Waals surface area contributed by atoms with Gasteiger partial charge in [-0.3, -0.25) is 0 Å². The molecule has 194 valence electrons. The summed E-state index contributed by atoms with van der Waals surface area (Å²) in [5, 5.41) is 9.10. The van der Waals surface area contributed by atoms with Crippen molar-refractivity contribution in [2.45, 2.75) is 19.6 Å². The fraction of sp³-hybridized carbons (Fsp3) is 0.148. The van der Waals surface area contributed by atoms with E-state index < -0.39 is 22.8 Å². The van der Waals surface area contributed by atoms with Crippen molar-refractivity contribution in [3.63, 3.8) is 0 Å². The van der Waals surface area contributed by atoms with Gasteiger partial charge in [-0.05, 0) is 54.4 Å². The number of hydrogen-bond donors (Lipinski definition) is 2. The molecule has 0 saturated heterocycles. The summed E-state index contributed by atoms with van der Waals surface area (Å²) in [6.07, 6.45) is -2.85. The molecule has 5 aromatic rings. The van der Waals surface area contributed by atoms with Gasteiger partial charge in [0.1, 0.15) is 11.3 Å². The average Bonchev–Trinajstić information content (AvgIpc) is 3.40. The SMILES string of the molecule is Cc1cc(NC(=O)Nc2ccc(Cl)c(C(F)(F)F)c2)ccc1-c1nc2c(cnn2Cc2ccccc2)n1C. The zero-order valence-electron chi connectivity index (χ0n) is 20.3. The van der Waals surface area contributed by atoms with Gasteiger partial charge in [-0.15, -0.1) is 0 Å². The van der Waals surface area contributed by atoms with Crippen molar-refractivity contribution in [1.29, 1.82) is 0 Å². The lowest BCUT2D eigenvalue weighted by atomic mass is 10.1. The zero-order chi connectivity index (χ0) is 27.0. The number of rotatable bonds is 5. The molecule has 5 rings (SSSR count). The molecule has 0 saturated carbocycles. The topological polar surface area (TPSA) is 76.8 Å². The first-order valence-electron chi connectivity index (χ1n) is 11.6. The van der Waals surface area contributed by atoms with Crippen molar-refractivity contribution in [1.82, 2.24) is 19.3 Å². The molecule has 0 aliphatic heterocycles. The summed E-state index contributed by atoms with van der Waals surface area (Å²) in [6.45, 7) is 2.48. The van der Waals surface area contributed by atoms with E-state index in [1.807, 2.05) is 59.6 Å². The molecule has 3 aromatic carbocycles. The van der Waals surface area contributed by atoms with Crippen molar-refractivity contribution >= 4 is 40.2 Å². The molecule has 0 spiro atoms. The van der Waals surface area contributed by atoms with Gasteiger partial charge >= 0.3 is 12.2 Å². The van der Waals surface area contributed by atoms with Crippen molar-refractivity contribution in [3.8, 4) is 11.4 Å². The molecule has 0 fully saturated rings. The van der Waals surface area contributed by atoms with Crippen molar-refractivity contribution in [2.24, 2.45) is 7.05 Å². The fourth-order valence-corrected chi connectivity index (χ4v) is 4.45. The standard InChI is InChI=1S/C27H22ClF3N6O/c1-16-12-18(33-26(38)34-19-9-11-22(28)21(13-19)27(29,30)31)8-10-20(16)24-35-25-23(36(24)2)14-32-37(25)15-17-6-4-3-5-7-17/h3-14H,15H2,1-2H3,(H2,33,34,38). The minimum Gasteiger partial charge on any atom is -0.324 e. The van der Waals surface area contributed by atoms with E-state index in [2.05, 4.69) is 15.7 Å². The number of carbonyl (C=O) groups is 1. The molecule has 0 radical (unpaired) electrons. The highest BCUT2D eigenvalue weighted by Gasteiger charge is 2.33. The van der Waals surface area contributed by atoms with E-state index in [0.29, 0.717) is 12.2 Å². The quantitative estimate of drug-likeness (QED) is 0.250. The summed E-state index contributed by atoms with van der Waals surface area (Å²) in [5.41, 5.74) is 3.90. The van der Waals surface area contributed by atoms with E-state index in [1.54, 1.807) is 18.3 Å². The summed E-state index contributed by atoms with van der Waals surface area (Å²) in [5.74, 6) is 0.744. The Balaban J connectivity index is 1.34. The first kappa shape index (κ1) is 25.3. The van der Waals surface area contributed by atoms with E-state index in [0.717, 1.165) is 45.8 Å². The Morgan fingerprint density at radius 3 is 2.37 bits per heavy atom. The van der Waals surface area contributed by atoms with Crippen molar-refractivity contribution in [3.05, 3.63) is 94.6 Å². The van der Waals surface area contributed by atoms with Gasteiger partial charge < -0.3 is 15.2 Å². The summed E-state index contributed by atoms with van der Waals surface area (Å²) in [7, 11) is 1.92. The molecule has 2 heterocycles. The smallest absolute Gasteiger partial charge is 0.324 e. The zero-order valence-corrected chi connectivity index (χ0v) is 21.1. The van der Waals surface area contributed by atoms with E-state index >= 15 is 0 Å². The number of anilines is 2. The number of carbonyl (C=O) groups excluding carboxylic acids is 1. The minimum atomic E-state index is -4.63. The van der Waals surface area contributed by atoms with Crippen LogP contribution in [0.1, 0.15) is 16.7 Å². The number of nitrogens with one attached hydrogen (secondary N) is 2. The molecular formula is C27H22ClF3N6O. The largest absolute Gasteiger partial charge is 0.417 e. The molecule has 11 heteroatoms. The first-order chi connectivity index (χ1) is 18.1. The van der Waals surface area contributed by atoms with Crippen LogP contribution in [0.5, 0.6) is 0 Å². The predicted octanol–water partition coefficient (Wildman–Crippen LogP) is 7.11. The molecule has 2 amide bonds. The second kappa shape index (κ2) is 9.86. The van der Waals surface area contributed by atoms with E-state index in [4.69, 9.17) is 16.6 Å². The lowest BCUT2D eigenvalue weighted by Crippen LogP contribution is -2.20. The maximum atomic E-state index is 13.1.